The highest BCUT2D eigenvalue weighted by molar-refractivity contribution is 6.20. The summed E-state index contributed by atoms with van der Waals surface area (Å²) in [6.07, 6.45) is 1.60. The van der Waals surface area contributed by atoms with Crippen LogP contribution in [-0.4, -0.2) is 11.1 Å². The van der Waals surface area contributed by atoms with Crippen molar-refractivity contribution < 1.29 is 14.3 Å². The van der Waals surface area contributed by atoms with E-state index in [2.05, 4.69) is 13.8 Å². The quantitative estimate of drug-likeness (QED) is 0.659. The van der Waals surface area contributed by atoms with Gasteiger partial charge in [0.15, 0.2) is 0 Å². The first kappa shape index (κ1) is 15.0. The number of carboxylic acid groups (broad SMARTS) is 1. The molecule has 0 atom stereocenters. The molecule has 108 valence electrons. The molecule has 0 spiro atoms. The first-order valence-corrected chi connectivity index (χ1v) is 6.78. The molecule has 0 heterocycles. The molecule has 21 heavy (non-hydrogen) atoms. The van der Waals surface area contributed by atoms with Gasteiger partial charge in [0, 0.05) is 0 Å². The van der Waals surface area contributed by atoms with Crippen LogP contribution in [0.5, 0.6) is 0 Å². The second-order valence-corrected chi connectivity index (χ2v) is 5.19. The van der Waals surface area contributed by atoms with Crippen molar-refractivity contribution in [1.29, 1.82) is 0 Å². The minimum absolute atomic E-state index is 0.146. The molecule has 2 rings (SSSR count). The van der Waals surface area contributed by atoms with Crippen LogP contribution in [-0.2, 0) is 4.79 Å². The fourth-order valence-electron chi connectivity index (χ4n) is 2.04. The van der Waals surface area contributed by atoms with Crippen molar-refractivity contribution in [3.8, 4) is 0 Å². The molecule has 0 aliphatic rings. The van der Waals surface area contributed by atoms with Crippen molar-refractivity contribution in [2.24, 2.45) is 0 Å². The number of aliphatic carboxylic acids is 1. The van der Waals surface area contributed by atoms with Crippen molar-refractivity contribution in [2.45, 2.75) is 19.8 Å². The van der Waals surface area contributed by atoms with Gasteiger partial charge in [0.05, 0.1) is 5.57 Å². The standard InChI is InChI=1S/C18H17FO2/c1-12(2)14-5-3-13(4-6-14)11-17(18(20)21)15-7-9-16(19)10-8-15/h3-12H,1-2H3,(H,20,21)/b17-11-. The number of carboxylic acids is 1. The van der Waals surface area contributed by atoms with Gasteiger partial charge in [0.2, 0.25) is 0 Å². The number of hydrogen-bond acceptors (Lipinski definition) is 1. The first-order chi connectivity index (χ1) is 9.97. The predicted molar refractivity (Wildman–Crippen MR) is 82.4 cm³/mol. The lowest BCUT2D eigenvalue weighted by Gasteiger charge is -2.06. The van der Waals surface area contributed by atoms with Gasteiger partial charge < -0.3 is 5.11 Å². The maximum Gasteiger partial charge on any atom is 0.336 e. The van der Waals surface area contributed by atoms with Crippen LogP contribution < -0.4 is 0 Å². The molecule has 2 nitrogen and oxygen atoms in total. The second-order valence-electron chi connectivity index (χ2n) is 5.19. The zero-order valence-corrected chi connectivity index (χ0v) is 12.0. The van der Waals surface area contributed by atoms with E-state index < -0.39 is 5.97 Å². The highest BCUT2D eigenvalue weighted by Crippen LogP contribution is 2.21. The lowest BCUT2D eigenvalue weighted by molar-refractivity contribution is -0.130. The van der Waals surface area contributed by atoms with Gasteiger partial charge in [-0.15, -0.1) is 0 Å². The van der Waals surface area contributed by atoms with Gasteiger partial charge in [-0.1, -0.05) is 50.2 Å². The van der Waals surface area contributed by atoms with Crippen molar-refractivity contribution >= 4 is 17.6 Å². The van der Waals surface area contributed by atoms with Crippen molar-refractivity contribution in [3.63, 3.8) is 0 Å². The third-order valence-electron chi connectivity index (χ3n) is 3.30. The molecule has 0 unspecified atom stereocenters. The molecular weight excluding hydrogens is 267 g/mol. The van der Waals surface area contributed by atoms with E-state index in [1.54, 1.807) is 6.08 Å². The SMILES string of the molecule is CC(C)c1ccc(/C=C(\C(=O)O)c2ccc(F)cc2)cc1. The fraction of sp³-hybridized carbons (Fsp3) is 0.167. The fourth-order valence-corrected chi connectivity index (χ4v) is 2.04. The van der Waals surface area contributed by atoms with Gasteiger partial charge in [0.1, 0.15) is 5.82 Å². The monoisotopic (exact) mass is 284 g/mol. The smallest absolute Gasteiger partial charge is 0.336 e. The lowest BCUT2D eigenvalue weighted by Crippen LogP contribution is -1.99. The summed E-state index contributed by atoms with van der Waals surface area (Å²) in [7, 11) is 0. The van der Waals surface area contributed by atoms with Crippen LogP contribution in [0.1, 0.15) is 36.5 Å². The van der Waals surface area contributed by atoms with E-state index in [1.807, 2.05) is 24.3 Å². The van der Waals surface area contributed by atoms with Crippen LogP contribution in [0.3, 0.4) is 0 Å². The molecule has 0 saturated carbocycles. The highest BCUT2D eigenvalue weighted by atomic mass is 19.1. The first-order valence-electron chi connectivity index (χ1n) is 6.78. The van der Waals surface area contributed by atoms with E-state index in [0.29, 0.717) is 11.5 Å². The summed E-state index contributed by atoms with van der Waals surface area (Å²) in [4.78, 5) is 11.4. The Balaban J connectivity index is 2.37. The molecule has 0 saturated heterocycles. The summed E-state index contributed by atoms with van der Waals surface area (Å²) in [5, 5.41) is 9.34. The normalized spacial score (nSPS) is 11.7. The topological polar surface area (TPSA) is 37.3 Å². The second kappa shape index (κ2) is 6.35. The largest absolute Gasteiger partial charge is 0.478 e. The molecule has 3 heteroatoms. The zero-order valence-electron chi connectivity index (χ0n) is 12.0. The number of hydrogen-bond donors (Lipinski definition) is 1. The number of benzene rings is 2. The third kappa shape index (κ3) is 3.78. The Morgan fingerprint density at radius 2 is 1.62 bits per heavy atom. The minimum atomic E-state index is -1.03. The predicted octanol–water partition coefficient (Wildman–Crippen LogP) is 4.57. The summed E-state index contributed by atoms with van der Waals surface area (Å²) in [6.45, 7) is 4.21. The summed E-state index contributed by atoms with van der Waals surface area (Å²) in [6, 6.07) is 13.2. The molecular formula is C18H17FO2. The van der Waals surface area contributed by atoms with Crippen molar-refractivity contribution in [1.82, 2.24) is 0 Å². The minimum Gasteiger partial charge on any atom is -0.478 e. The average molecular weight is 284 g/mol. The van der Waals surface area contributed by atoms with Gasteiger partial charge in [-0.3, -0.25) is 0 Å². The van der Waals surface area contributed by atoms with E-state index in [4.69, 9.17) is 0 Å². The molecule has 0 radical (unpaired) electrons. The van der Waals surface area contributed by atoms with Gasteiger partial charge >= 0.3 is 5.97 Å². The van der Waals surface area contributed by atoms with Crippen LogP contribution in [0.25, 0.3) is 11.6 Å². The molecule has 0 aromatic heterocycles. The average Bonchev–Trinajstić information content (AvgIpc) is 2.46. The number of rotatable bonds is 4. The van der Waals surface area contributed by atoms with Crippen molar-refractivity contribution in [3.05, 3.63) is 71.0 Å². The molecule has 2 aromatic carbocycles. The van der Waals surface area contributed by atoms with Crippen LogP contribution in [0.15, 0.2) is 48.5 Å². The Morgan fingerprint density at radius 3 is 2.10 bits per heavy atom. The van der Waals surface area contributed by atoms with Crippen LogP contribution in [0, 0.1) is 5.82 Å². The third-order valence-corrected chi connectivity index (χ3v) is 3.30. The Kier molecular flexibility index (Phi) is 4.53. The summed E-state index contributed by atoms with van der Waals surface area (Å²) >= 11 is 0. The van der Waals surface area contributed by atoms with Gasteiger partial charge in [-0.2, -0.15) is 0 Å². The van der Waals surface area contributed by atoms with E-state index >= 15 is 0 Å². The molecule has 0 aliphatic carbocycles. The van der Waals surface area contributed by atoms with Gasteiger partial charge in [-0.05, 0) is 40.8 Å². The van der Waals surface area contributed by atoms with Crippen molar-refractivity contribution in [2.75, 3.05) is 0 Å². The van der Waals surface area contributed by atoms with Gasteiger partial charge in [0.25, 0.3) is 0 Å². The number of halogens is 1. The molecule has 0 fully saturated rings. The Bertz CT molecular complexity index is 653. The summed E-state index contributed by atoms with van der Waals surface area (Å²) in [5.41, 5.74) is 2.64. The molecule has 0 amide bonds. The van der Waals surface area contributed by atoms with Crippen LogP contribution >= 0.6 is 0 Å². The Hall–Kier alpha value is -2.42. The highest BCUT2D eigenvalue weighted by Gasteiger charge is 2.10. The summed E-state index contributed by atoms with van der Waals surface area (Å²) < 4.78 is 12.9. The van der Waals surface area contributed by atoms with E-state index in [0.717, 1.165) is 5.56 Å². The lowest BCUT2D eigenvalue weighted by atomic mass is 9.99. The van der Waals surface area contributed by atoms with Crippen LogP contribution in [0.4, 0.5) is 4.39 Å². The zero-order chi connectivity index (χ0) is 15.4. The molecule has 0 bridgehead atoms. The molecule has 0 aliphatic heterocycles. The number of carbonyl (C=O) groups is 1. The Morgan fingerprint density at radius 1 is 1.05 bits per heavy atom. The molecule has 1 N–H and O–H groups in total. The van der Waals surface area contributed by atoms with Crippen LogP contribution in [0.2, 0.25) is 0 Å². The van der Waals surface area contributed by atoms with E-state index in [1.165, 1.54) is 29.8 Å². The maximum atomic E-state index is 12.9. The van der Waals surface area contributed by atoms with E-state index in [-0.39, 0.29) is 11.4 Å². The summed E-state index contributed by atoms with van der Waals surface area (Å²) in [5.74, 6) is -0.988. The Labute approximate surface area is 123 Å². The molecule has 2 aromatic rings. The van der Waals surface area contributed by atoms with E-state index in [9.17, 15) is 14.3 Å². The van der Waals surface area contributed by atoms with Gasteiger partial charge in [-0.25, -0.2) is 9.18 Å². The maximum absolute atomic E-state index is 12.9.